The van der Waals surface area contributed by atoms with E-state index in [0.29, 0.717) is 43.7 Å². The minimum absolute atomic E-state index is 0.0313. The van der Waals surface area contributed by atoms with E-state index < -0.39 is 5.54 Å². The highest BCUT2D eigenvalue weighted by molar-refractivity contribution is 6.07. The van der Waals surface area contributed by atoms with Gasteiger partial charge >= 0.3 is 6.03 Å². The van der Waals surface area contributed by atoms with Gasteiger partial charge in [-0.3, -0.25) is 19.4 Å². The summed E-state index contributed by atoms with van der Waals surface area (Å²) in [5.41, 5.74) is 0.576. The standard InChI is InChI=1S/C32H46N4O4/c1-22(2)36-31(39)34(15-16-40-3)30(38)32(36)17-26-13-14-27(18-32)35(26)20-25-19-33(29(37)24-11-7-8-12-24)21-28(25)23-9-5-4-6-10-23/h4-6,9-10,22,24-28H,7-8,11-21H2,1-3H3/t25-,26?,27?,28-,32?/m1/s1. The van der Waals surface area contributed by atoms with Crippen LogP contribution < -0.4 is 0 Å². The third kappa shape index (κ3) is 4.65. The van der Waals surface area contributed by atoms with E-state index in [0.717, 1.165) is 45.3 Å². The van der Waals surface area contributed by atoms with Gasteiger partial charge in [0.2, 0.25) is 5.91 Å². The molecule has 218 valence electrons. The van der Waals surface area contributed by atoms with Gasteiger partial charge in [-0.05, 0) is 63.9 Å². The zero-order chi connectivity index (χ0) is 28.0. The van der Waals surface area contributed by atoms with Crippen LogP contribution in [0, 0.1) is 11.8 Å². The summed E-state index contributed by atoms with van der Waals surface area (Å²) in [6.45, 7) is 7.29. The molecule has 4 amide bonds. The third-order valence-corrected chi connectivity index (χ3v) is 10.6. The van der Waals surface area contributed by atoms with Gasteiger partial charge in [0.15, 0.2) is 0 Å². The third-order valence-electron chi connectivity index (χ3n) is 10.6. The maximum atomic E-state index is 13.9. The highest BCUT2D eigenvalue weighted by Crippen LogP contribution is 2.49. The molecule has 1 aromatic rings. The van der Waals surface area contributed by atoms with E-state index in [1.54, 1.807) is 7.11 Å². The molecule has 0 radical (unpaired) electrons. The van der Waals surface area contributed by atoms with Crippen molar-refractivity contribution >= 4 is 17.8 Å². The monoisotopic (exact) mass is 550 g/mol. The Bertz CT molecular complexity index is 1090. The summed E-state index contributed by atoms with van der Waals surface area (Å²) in [7, 11) is 1.61. The fourth-order valence-corrected chi connectivity index (χ4v) is 8.85. The van der Waals surface area contributed by atoms with Gasteiger partial charge in [-0.2, -0.15) is 0 Å². The molecule has 40 heavy (non-hydrogen) atoms. The topological polar surface area (TPSA) is 73.4 Å². The molecule has 4 saturated heterocycles. The first-order valence-corrected chi connectivity index (χ1v) is 15.6. The Labute approximate surface area is 239 Å². The number of likely N-dealkylation sites (tertiary alicyclic amines) is 1. The van der Waals surface area contributed by atoms with Crippen molar-refractivity contribution in [2.45, 2.75) is 94.8 Å². The lowest BCUT2D eigenvalue weighted by molar-refractivity contribution is -0.138. The normalized spacial score (nSPS) is 33.0. The molecule has 0 N–H and O–H groups in total. The first-order valence-electron chi connectivity index (χ1n) is 15.6. The lowest BCUT2D eigenvalue weighted by Crippen LogP contribution is -2.62. The predicted molar refractivity (Wildman–Crippen MR) is 153 cm³/mol. The summed E-state index contributed by atoms with van der Waals surface area (Å²) >= 11 is 0. The highest BCUT2D eigenvalue weighted by Gasteiger charge is 2.63. The number of methoxy groups -OCH3 is 1. The van der Waals surface area contributed by atoms with Gasteiger partial charge in [0, 0.05) is 56.7 Å². The fourth-order valence-electron chi connectivity index (χ4n) is 8.85. The van der Waals surface area contributed by atoms with Crippen LogP contribution in [0.1, 0.15) is 76.7 Å². The molecule has 8 heteroatoms. The van der Waals surface area contributed by atoms with Gasteiger partial charge in [-0.15, -0.1) is 0 Å². The van der Waals surface area contributed by atoms with Crippen molar-refractivity contribution in [3.63, 3.8) is 0 Å². The lowest BCUT2D eigenvalue weighted by atomic mass is 9.79. The average Bonchev–Trinajstić information content (AvgIpc) is 3.71. The van der Waals surface area contributed by atoms with E-state index in [1.807, 2.05) is 18.7 Å². The summed E-state index contributed by atoms with van der Waals surface area (Å²) in [4.78, 5) is 49.0. The Hall–Kier alpha value is -2.45. The zero-order valence-corrected chi connectivity index (χ0v) is 24.5. The van der Waals surface area contributed by atoms with Gasteiger partial charge in [0.05, 0.1) is 13.2 Å². The molecule has 1 spiro atoms. The van der Waals surface area contributed by atoms with E-state index >= 15 is 0 Å². The minimum Gasteiger partial charge on any atom is -0.383 e. The molecule has 0 aromatic heterocycles. The molecule has 5 fully saturated rings. The first-order chi connectivity index (χ1) is 19.3. The Morgan fingerprint density at radius 2 is 1.68 bits per heavy atom. The van der Waals surface area contributed by atoms with Crippen LogP contribution in [0.5, 0.6) is 0 Å². The van der Waals surface area contributed by atoms with E-state index in [4.69, 9.17) is 4.74 Å². The largest absolute Gasteiger partial charge is 0.383 e. The summed E-state index contributed by atoms with van der Waals surface area (Å²) < 4.78 is 5.22. The van der Waals surface area contributed by atoms with E-state index in [2.05, 4.69) is 40.1 Å². The van der Waals surface area contributed by atoms with Gasteiger partial charge in [0.25, 0.3) is 5.91 Å². The molecule has 2 unspecified atom stereocenters. The molecule has 5 aliphatic rings. The first kappa shape index (κ1) is 27.7. The molecular weight excluding hydrogens is 504 g/mol. The maximum absolute atomic E-state index is 13.9. The number of carbonyl (C=O) groups excluding carboxylic acids is 3. The Morgan fingerprint density at radius 3 is 2.30 bits per heavy atom. The number of piperidine rings is 1. The number of hydrogen-bond donors (Lipinski definition) is 0. The zero-order valence-electron chi connectivity index (χ0n) is 24.5. The molecule has 8 nitrogen and oxygen atoms in total. The summed E-state index contributed by atoms with van der Waals surface area (Å²) in [5.74, 6) is 1.23. The van der Waals surface area contributed by atoms with Crippen LogP contribution in [0.4, 0.5) is 4.79 Å². The number of fused-ring (bicyclic) bond motifs is 2. The number of amides is 4. The molecule has 6 rings (SSSR count). The second kappa shape index (κ2) is 11.1. The number of hydrogen-bond acceptors (Lipinski definition) is 5. The Kier molecular flexibility index (Phi) is 7.68. The van der Waals surface area contributed by atoms with Crippen LogP contribution in [-0.4, -0.2) is 101 Å². The molecule has 4 heterocycles. The summed E-state index contributed by atoms with van der Waals surface area (Å²) in [6, 6.07) is 11.1. The van der Waals surface area contributed by atoms with Crippen LogP contribution in [0.2, 0.25) is 0 Å². The van der Waals surface area contributed by atoms with Crippen LogP contribution in [-0.2, 0) is 14.3 Å². The number of benzene rings is 1. The second-order valence-corrected chi connectivity index (χ2v) is 13.2. The quantitative estimate of drug-likeness (QED) is 0.456. The van der Waals surface area contributed by atoms with Crippen molar-refractivity contribution < 1.29 is 19.1 Å². The van der Waals surface area contributed by atoms with Gasteiger partial charge < -0.3 is 14.5 Å². The summed E-state index contributed by atoms with van der Waals surface area (Å²) in [6.07, 6.45) is 7.94. The van der Waals surface area contributed by atoms with E-state index in [1.165, 1.54) is 23.3 Å². The molecule has 1 saturated carbocycles. The van der Waals surface area contributed by atoms with Crippen LogP contribution in [0.25, 0.3) is 0 Å². The average molecular weight is 551 g/mol. The Morgan fingerprint density at radius 1 is 1.00 bits per heavy atom. The Balaban J connectivity index is 1.22. The summed E-state index contributed by atoms with van der Waals surface area (Å²) in [5, 5.41) is 0. The van der Waals surface area contributed by atoms with Crippen LogP contribution in [0.3, 0.4) is 0 Å². The van der Waals surface area contributed by atoms with Crippen LogP contribution in [0.15, 0.2) is 30.3 Å². The number of urea groups is 1. The van der Waals surface area contributed by atoms with E-state index in [-0.39, 0.29) is 36.0 Å². The molecule has 4 atom stereocenters. The molecule has 4 aliphatic heterocycles. The van der Waals surface area contributed by atoms with Crippen molar-refractivity contribution in [3.8, 4) is 0 Å². The number of nitrogens with zero attached hydrogens (tertiary/aromatic N) is 4. The smallest absolute Gasteiger partial charge is 0.327 e. The number of carbonyl (C=O) groups is 3. The van der Waals surface area contributed by atoms with Crippen LogP contribution >= 0.6 is 0 Å². The van der Waals surface area contributed by atoms with Crippen molar-refractivity contribution in [1.29, 1.82) is 0 Å². The van der Waals surface area contributed by atoms with Crippen molar-refractivity contribution in [3.05, 3.63) is 35.9 Å². The van der Waals surface area contributed by atoms with E-state index in [9.17, 15) is 14.4 Å². The minimum atomic E-state index is -0.750. The molecule has 1 aliphatic carbocycles. The fraction of sp³-hybridized carbons (Fsp3) is 0.719. The number of ether oxygens (including phenoxy) is 1. The highest BCUT2D eigenvalue weighted by atomic mass is 16.5. The number of rotatable bonds is 8. The molecule has 2 bridgehead atoms. The predicted octanol–water partition coefficient (Wildman–Crippen LogP) is 4.10. The van der Waals surface area contributed by atoms with Crippen molar-refractivity contribution in [1.82, 2.24) is 19.6 Å². The maximum Gasteiger partial charge on any atom is 0.327 e. The second-order valence-electron chi connectivity index (χ2n) is 13.2. The van der Waals surface area contributed by atoms with Gasteiger partial charge in [-0.25, -0.2) is 4.79 Å². The van der Waals surface area contributed by atoms with Gasteiger partial charge in [0.1, 0.15) is 5.54 Å². The van der Waals surface area contributed by atoms with Crippen molar-refractivity contribution in [2.24, 2.45) is 11.8 Å². The molecule has 1 aromatic carbocycles. The number of imide groups is 1. The van der Waals surface area contributed by atoms with Gasteiger partial charge in [-0.1, -0.05) is 43.2 Å². The lowest BCUT2D eigenvalue weighted by Gasteiger charge is -2.48. The molecular formula is C32H46N4O4. The SMILES string of the molecule is COCCN1C(=O)N(C(C)C)C2(CC3CCC(C2)N3C[C@H]2CN(C(=O)C3CCCC3)C[C@@H]2c2ccccc2)C1=O. The van der Waals surface area contributed by atoms with Crippen molar-refractivity contribution in [2.75, 3.05) is 39.9 Å².